The van der Waals surface area contributed by atoms with E-state index >= 15 is 0 Å². The zero-order valence-corrected chi connectivity index (χ0v) is 10.0. The molecule has 4 heteroatoms. The van der Waals surface area contributed by atoms with Crippen LogP contribution in [0.4, 0.5) is 5.82 Å². The molecule has 1 aliphatic carbocycles. The third kappa shape index (κ3) is 3.19. The molecular weight excluding hydrogens is 216 g/mol. The first-order valence-electron chi connectivity index (χ1n) is 6.08. The van der Waals surface area contributed by atoms with Gasteiger partial charge < -0.3 is 10.4 Å². The lowest BCUT2D eigenvalue weighted by atomic mass is 10.1. The molecule has 0 saturated heterocycles. The summed E-state index contributed by atoms with van der Waals surface area (Å²) >= 11 is 0. The van der Waals surface area contributed by atoms with Crippen molar-refractivity contribution in [2.24, 2.45) is 11.8 Å². The Morgan fingerprint density at radius 2 is 2.41 bits per heavy atom. The summed E-state index contributed by atoms with van der Waals surface area (Å²) in [7, 11) is 0. The Morgan fingerprint density at radius 1 is 1.59 bits per heavy atom. The maximum atomic E-state index is 10.8. The number of carboxylic acids is 1. The van der Waals surface area contributed by atoms with Crippen molar-refractivity contribution in [3.8, 4) is 0 Å². The molecule has 92 valence electrons. The Hall–Kier alpha value is -1.58. The van der Waals surface area contributed by atoms with Gasteiger partial charge in [0.25, 0.3) is 0 Å². The van der Waals surface area contributed by atoms with Gasteiger partial charge in [-0.1, -0.05) is 13.3 Å². The SMILES string of the molecule is CC1CCC(CNc2cc(C(=O)O)ccn2)C1. The second kappa shape index (κ2) is 5.17. The molecule has 1 aromatic heterocycles. The van der Waals surface area contributed by atoms with Gasteiger partial charge in [-0.15, -0.1) is 0 Å². The van der Waals surface area contributed by atoms with Crippen LogP contribution in [0, 0.1) is 11.8 Å². The number of hydrogen-bond acceptors (Lipinski definition) is 3. The van der Waals surface area contributed by atoms with Crippen molar-refractivity contribution in [2.45, 2.75) is 26.2 Å². The first-order valence-corrected chi connectivity index (χ1v) is 6.08. The number of aromatic carboxylic acids is 1. The highest BCUT2D eigenvalue weighted by Gasteiger charge is 2.20. The molecule has 0 aromatic carbocycles. The number of anilines is 1. The fourth-order valence-electron chi connectivity index (χ4n) is 2.42. The van der Waals surface area contributed by atoms with E-state index < -0.39 is 5.97 Å². The zero-order valence-electron chi connectivity index (χ0n) is 10.0. The minimum atomic E-state index is -0.912. The second-order valence-corrected chi connectivity index (χ2v) is 4.90. The van der Waals surface area contributed by atoms with Crippen LogP contribution in [0.1, 0.15) is 36.5 Å². The van der Waals surface area contributed by atoms with Crippen molar-refractivity contribution >= 4 is 11.8 Å². The van der Waals surface area contributed by atoms with Gasteiger partial charge in [-0.25, -0.2) is 9.78 Å². The molecule has 17 heavy (non-hydrogen) atoms. The molecule has 1 heterocycles. The highest BCUT2D eigenvalue weighted by molar-refractivity contribution is 5.88. The lowest BCUT2D eigenvalue weighted by Gasteiger charge is -2.11. The minimum absolute atomic E-state index is 0.280. The topological polar surface area (TPSA) is 62.2 Å². The predicted octanol–water partition coefficient (Wildman–Crippen LogP) is 2.63. The van der Waals surface area contributed by atoms with E-state index in [0.717, 1.165) is 12.5 Å². The van der Waals surface area contributed by atoms with Gasteiger partial charge in [0.05, 0.1) is 5.56 Å². The predicted molar refractivity (Wildman–Crippen MR) is 66.2 cm³/mol. The Bertz CT molecular complexity index is 406. The fourth-order valence-corrected chi connectivity index (χ4v) is 2.42. The maximum absolute atomic E-state index is 10.8. The van der Waals surface area contributed by atoms with Gasteiger partial charge in [0.1, 0.15) is 5.82 Å². The third-order valence-corrected chi connectivity index (χ3v) is 3.38. The van der Waals surface area contributed by atoms with E-state index in [2.05, 4.69) is 17.2 Å². The highest BCUT2D eigenvalue weighted by atomic mass is 16.4. The summed E-state index contributed by atoms with van der Waals surface area (Å²) in [6.07, 6.45) is 5.34. The van der Waals surface area contributed by atoms with Gasteiger partial charge in [0.2, 0.25) is 0 Å². The average Bonchev–Trinajstić information content (AvgIpc) is 2.73. The van der Waals surface area contributed by atoms with Gasteiger partial charge in [0, 0.05) is 12.7 Å². The number of nitrogens with one attached hydrogen (secondary N) is 1. The molecule has 1 saturated carbocycles. The van der Waals surface area contributed by atoms with Crippen molar-refractivity contribution in [1.29, 1.82) is 0 Å². The molecular formula is C13H18N2O2. The number of carboxylic acid groups (broad SMARTS) is 1. The van der Waals surface area contributed by atoms with Crippen LogP contribution >= 0.6 is 0 Å². The van der Waals surface area contributed by atoms with Crippen molar-refractivity contribution in [2.75, 3.05) is 11.9 Å². The molecule has 1 aromatic rings. The summed E-state index contributed by atoms with van der Waals surface area (Å²) in [5, 5.41) is 12.1. The standard InChI is InChI=1S/C13H18N2O2/c1-9-2-3-10(6-9)8-15-12-7-11(13(16)17)4-5-14-12/h4-5,7,9-10H,2-3,6,8H2,1H3,(H,14,15)(H,16,17). The maximum Gasteiger partial charge on any atom is 0.335 e. The lowest BCUT2D eigenvalue weighted by molar-refractivity contribution is 0.0697. The highest BCUT2D eigenvalue weighted by Crippen LogP contribution is 2.30. The molecule has 0 radical (unpaired) electrons. The van der Waals surface area contributed by atoms with Crippen LogP contribution in [0.2, 0.25) is 0 Å². The van der Waals surface area contributed by atoms with E-state index in [-0.39, 0.29) is 5.56 Å². The van der Waals surface area contributed by atoms with Gasteiger partial charge >= 0.3 is 5.97 Å². The molecule has 2 rings (SSSR count). The van der Waals surface area contributed by atoms with Gasteiger partial charge in [-0.05, 0) is 36.8 Å². The molecule has 1 aliphatic rings. The average molecular weight is 234 g/mol. The van der Waals surface area contributed by atoms with Crippen molar-refractivity contribution in [3.05, 3.63) is 23.9 Å². The summed E-state index contributed by atoms with van der Waals surface area (Å²) < 4.78 is 0. The smallest absolute Gasteiger partial charge is 0.335 e. The third-order valence-electron chi connectivity index (χ3n) is 3.38. The zero-order chi connectivity index (χ0) is 12.3. The molecule has 0 spiro atoms. The summed E-state index contributed by atoms with van der Waals surface area (Å²) in [4.78, 5) is 14.9. The van der Waals surface area contributed by atoms with Crippen molar-refractivity contribution in [3.63, 3.8) is 0 Å². The van der Waals surface area contributed by atoms with E-state index in [1.165, 1.54) is 31.5 Å². The summed E-state index contributed by atoms with van der Waals surface area (Å²) in [6.45, 7) is 3.17. The lowest BCUT2D eigenvalue weighted by Crippen LogP contribution is -2.12. The summed E-state index contributed by atoms with van der Waals surface area (Å²) in [6, 6.07) is 3.09. The monoisotopic (exact) mass is 234 g/mol. The first kappa shape index (κ1) is 11.9. The van der Waals surface area contributed by atoms with Crippen LogP contribution in [-0.2, 0) is 0 Å². The quantitative estimate of drug-likeness (QED) is 0.840. The summed E-state index contributed by atoms with van der Waals surface area (Å²) in [5.41, 5.74) is 0.280. The van der Waals surface area contributed by atoms with E-state index in [0.29, 0.717) is 11.7 Å². The number of rotatable bonds is 4. The Labute approximate surface area is 101 Å². The van der Waals surface area contributed by atoms with E-state index in [1.807, 2.05) is 0 Å². The van der Waals surface area contributed by atoms with Crippen LogP contribution in [0.25, 0.3) is 0 Å². The number of carbonyl (C=O) groups is 1. The molecule has 2 N–H and O–H groups in total. The largest absolute Gasteiger partial charge is 0.478 e. The first-order chi connectivity index (χ1) is 8.15. The van der Waals surface area contributed by atoms with Gasteiger partial charge in [-0.2, -0.15) is 0 Å². The Morgan fingerprint density at radius 3 is 3.06 bits per heavy atom. The van der Waals surface area contributed by atoms with Crippen molar-refractivity contribution in [1.82, 2.24) is 4.98 Å². The molecule has 4 nitrogen and oxygen atoms in total. The number of nitrogens with zero attached hydrogens (tertiary/aromatic N) is 1. The van der Waals surface area contributed by atoms with Crippen LogP contribution in [0.15, 0.2) is 18.3 Å². The van der Waals surface area contributed by atoms with E-state index in [4.69, 9.17) is 5.11 Å². The minimum Gasteiger partial charge on any atom is -0.478 e. The molecule has 0 amide bonds. The number of aromatic nitrogens is 1. The molecule has 1 fully saturated rings. The summed E-state index contributed by atoms with van der Waals surface area (Å²) in [5.74, 6) is 1.26. The fraction of sp³-hybridized carbons (Fsp3) is 0.538. The Balaban J connectivity index is 1.90. The Kier molecular flexibility index (Phi) is 3.61. The van der Waals surface area contributed by atoms with Crippen LogP contribution in [0.5, 0.6) is 0 Å². The van der Waals surface area contributed by atoms with Crippen molar-refractivity contribution < 1.29 is 9.90 Å². The molecule has 0 aliphatic heterocycles. The second-order valence-electron chi connectivity index (χ2n) is 4.90. The van der Waals surface area contributed by atoms with Gasteiger partial charge in [0.15, 0.2) is 0 Å². The normalized spacial score (nSPS) is 23.6. The van der Waals surface area contributed by atoms with Crippen LogP contribution in [-0.4, -0.2) is 22.6 Å². The van der Waals surface area contributed by atoms with Crippen LogP contribution < -0.4 is 5.32 Å². The van der Waals surface area contributed by atoms with E-state index in [9.17, 15) is 4.79 Å². The number of pyridine rings is 1. The molecule has 2 atom stereocenters. The van der Waals surface area contributed by atoms with Crippen LogP contribution in [0.3, 0.4) is 0 Å². The molecule has 2 unspecified atom stereocenters. The van der Waals surface area contributed by atoms with Gasteiger partial charge in [-0.3, -0.25) is 0 Å². The van der Waals surface area contributed by atoms with E-state index in [1.54, 1.807) is 6.07 Å². The number of hydrogen-bond donors (Lipinski definition) is 2. The molecule has 0 bridgehead atoms.